The van der Waals surface area contributed by atoms with Gasteiger partial charge in [0.1, 0.15) is 0 Å². The van der Waals surface area contributed by atoms with Gasteiger partial charge in [0.05, 0.1) is 0 Å². The molecule has 82 valence electrons. The van der Waals surface area contributed by atoms with Crippen molar-refractivity contribution in [2.45, 2.75) is 13.1 Å². The van der Waals surface area contributed by atoms with E-state index in [9.17, 15) is 4.39 Å². The molecule has 0 unspecified atom stereocenters. The van der Waals surface area contributed by atoms with Crippen LogP contribution in [-0.2, 0) is 13.1 Å². The Morgan fingerprint density at radius 2 is 1.93 bits per heavy atom. The highest BCUT2D eigenvalue weighted by atomic mass is 35.5. The van der Waals surface area contributed by atoms with Crippen molar-refractivity contribution in [3.8, 4) is 0 Å². The molecule has 0 bridgehead atoms. The second-order valence-corrected chi connectivity index (χ2v) is 5.04. The van der Waals surface area contributed by atoms with Crippen LogP contribution >= 0.6 is 35.1 Å². The predicted octanol–water partition coefficient (Wildman–Crippen LogP) is 3.66. The lowest BCUT2D eigenvalue weighted by Crippen LogP contribution is -2.10. The fourth-order valence-electron chi connectivity index (χ4n) is 1.17. The third-order valence-electron chi connectivity index (χ3n) is 1.81. The average molecular weight is 264 g/mol. The molecule has 0 aliphatic carbocycles. The van der Waals surface area contributed by atoms with Crippen LogP contribution in [0.3, 0.4) is 0 Å². The third-order valence-corrected chi connectivity index (χ3v) is 3.56. The van der Waals surface area contributed by atoms with E-state index in [1.54, 1.807) is 11.3 Å². The molecular formula is C10H11ClFNS2. The molecule has 0 radical (unpaired) electrons. The van der Waals surface area contributed by atoms with Gasteiger partial charge in [0, 0.05) is 22.8 Å². The molecule has 15 heavy (non-hydrogen) atoms. The fourth-order valence-corrected chi connectivity index (χ4v) is 2.54. The van der Waals surface area contributed by atoms with Crippen LogP contribution in [0, 0.1) is 5.13 Å². The van der Waals surface area contributed by atoms with E-state index in [0.717, 1.165) is 18.0 Å². The summed E-state index contributed by atoms with van der Waals surface area (Å²) in [6.45, 7) is 1.60. The summed E-state index contributed by atoms with van der Waals surface area (Å²) < 4.78 is 12.6. The molecule has 0 aliphatic rings. The first-order chi connectivity index (χ1) is 6.84. The van der Waals surface area contributed by atoms with Gasteiger partial charge in [0.2, 0.25) is 0 Å². The van der Waals surface area contributed by atoms with Crippen LogP contribution in [0.4, 0.5) is 4.39 Å². The predicted molar refractivity (Wildman–Crippen MR) is 66.4 cm³/mol. The second-order valence-electron chi connectivity index (χ2n) is 2.89. The van der Waals surface area contributed by atoms with Crippen LogP contribution in [0.25, 0.3) is 0 Å². The highest BCUT2D eigenvalue weighted by Gasteiger charge is 1.98. The van der Waals surface area contributed by atoms with Crippen molar-refractivity contribution in [2.24, 2.45) is 0 Å². The minimum absolute atomic E-state index is 0. The zero-order chi connectivity index (χ0) is 9.80. The standard InChI is InChI=1S/C10H10FNS2.ClH/c11-10-4-3-9(14-10)7-12-6-8-2-1-5-13-8;/h1-5,12H,6-7H2;1H. The van der Waals surface area contributed by atoms with E-state index in [4.69, 9.17) is 0 Å². The maximum atomic E-state index is 12.6. The minimum atomic E-state index is -0.113. The summed E-state index contributed by atoms with van der Waals surface area (Å²) in [5, 5.41) is 5.22. The Labute approximate surface area is 102 Å². The highest BCUT2D eigenvalue weighted by Crippen LogP contribution is 2.14. The summed E-state index contributed by atoms with van der Waals surface area (Å²) in [6, 6.07) is 7.45. The van der Waals surface area contributed by atoms with E-state index in [-0.39, 0.29) is 17.5 Å². The van der Waals surface area contributed by atoms with Crippen molar-refractivity contribution < 1.29 is 4.39 Å². The van der Waals surface area contributed by atoms with Gasteiger partial charge in [-0.3, -0.25) is 0 Å². The summed E-state index contributed by atoms with van der Waals surface area (Å²) in [4.78, 5) is 2.35. The number of rotatable bonds is 4. The maximum Gasteiger partial charge on any atom is 0.176 e. The number of thiophene rings is 2. The van der Waals surface area contributed by atoms with Gasteiger partial charge >= 0.3 is 0 Å². The van der Waals surface area contributed by atoms with Crippen molar-refractivity contribution in [3.05, 3.63) is 44.5 Å². The molecule has 0 amide bonds. The molecular weight excluding hydrogens is 253 g/mol. The van der Waals surface area contributed by atoms with E-state index in [1.807, 2.05) is 12.1 Å². The first kappa shape index (κ1) is 12.6. The number of halogens is 2. The summed E-state index contributed by atoms with van der Waals surface area (Å²) in [5.41, 5.74) is 0. The van der Waals surface area contributed by atoms with E-state index in [2.05, 4.69) is 16.8 Å². The molecule has 2 rings (SSSR count). The number of nitrogens with one attached hydrogen (secondary N) is 1. The molecule has 0 spiro atoms. The highest BCUT2D eigenvalue weighted by molar-refractivity contribution is 7.10. The fraction of sp³-hybridized carbons (Fsp3) is 0.200. The zero-order valence-corrected chi connectivity index (χ0v) is 10.4. The second kappa shape index (κ2) is 6.23. The number of hydrogen-bond acceptors (Lipinski definition) is 3. The maximum absolute atomic E-state index is 12.6. The van der Waals surface area contributed by atoms with Crippen LogP contribution in [-0.4, -0.2) is 0 Å². The van der Waals surface area contributed by atoms with Crippen molar-refractivity contribution in [1.29, 1.82) is 0 Å². The van der Waals surface area contributed by atoms with Gasteiger partial charge in [0.25, 0.3) is 0 Å². The van der Waals surface area contributed by atoms with Gasteiger partial charge in [-0.25, -0.2) is 0 Å². The van der Waals surface area contributed by atoms with Crippen LogP contribution in [0.1, 0.15) is 9.75 Å². The monoisotopic (exact) mass is 263 g/mol. The lowest BCUT2D eigenvalue weighted by atomic mass is 10.4. The normalized spacial score (nSPS) is 9.93. The van der Waals surface area contributed by atoms with Crippen LogP contribution in [0.15, 0.2) is 29.6 Å². The van der Waals surface area contributed by atoms with Gasteiger partial charge in [-0.1, -0.05) is 6.07 Å². The van der Waals surface area contributed by atoms with Crippen molar-refractivity contribution in [2.75, 3.05) is 0 Å². The average Bonchev–Trinajstić information content (AvgIpc) is 2.77. The summed E-state index contributed by atoms with van der Waals surface area (Å²) in [5.74, 6) is 0. The molecule has 2 heterocycles. The van der Waals surface area contributed by atoms with Crippen LogP contribution < -0.4 is 5.32 Å². The quantitative estimate of drug-likeness (QED) is 0.888. The summed E-state index contributed by atoms with van der Waals surface area (Å²) >= 11 is 2.93. The molecule has 2 aromatic rings. The largest absolute Gasteiger partial charge is 0.307 e. The van der Waals surface area contributed by atoms with Crippen LogP contribution in [0.5, 0.6) is 0 Å². The van der Waals surface area contributed by atoms with E-state index in [1.165, 1.54) is 22.3 Å². The van der Waals surface area contributed by atoms with Crippen molar-refractivity contribution >= 4 is 35.1 Å². The van der Waals surface area contributed by atoms with E-state index in [0.29, 0.717) is 0 Å². The topological polar surface area (TPSA) is 12.0 Å². The Bertz CT molecular complexity index is 386. The van der Waals surface area contributed by atoms with E-state index >= 15 is 0 Å². The summed E-state index contributed by atoms with van der Waals surface area (Å²) in [7, 11) is 0. The molecule has 1 nitrogen and oxygen atoms in total. The third kappa shape index (κ3) is 3.91. The summed E-state index contributed by atoms with van der Waals surface area (Å²) in [6.07, 6.45) is 0. The molecule has 0 aromatic carbocycles. The first-order valence-electron chi connectivity index (χ1n) is 4.32. The van der Waals surface area contributed by atoms with Gasteiger partial charge in [-0.05, 0) is 23.6 Å². The molecule has 0 fully saturated rings. The molecule has 0 saturated carbocycles. The Kier molecular flexibility index (Phi) is 5.25. The smallest absolute Gasteiger partial charge is 0.176 e. The number of hydrogen-bond donors (Lipinski definition) is 1. The molecule has 0 aliphatic heterocycles. The van der Waals surface area contributed by atoms with Gasteiger partial charge < -0.3 is 5.32 Å². The van der Waals surface area contributed by atoms with Crippen LogP contribution in [0.2, 0.25) is 0 Å². The Morgan fingerprint density at radius 1 is 1.13 bits per heavy atom. The molecule has 2 aromatic heterocycles. The van der Waals surface area contributed by atoms with E-state index < -0.39 is 0 Å². The first-order valence-corrected chi connectivity index (χ1v) is 6.01. The van der Waals surface area contributed by atoms with Gasteiger partial charge in [-0.15, -0.1) is 35.1 Å². The molecule has 5 heteroatoms. The lowest BCUT2D eigenvalue weighted by molar-refractivity contribution is 0.657. The Balaban J connectivity index is 0.00000112. The Morgan fingerprint density at radius 3 is 2.53 bits per heavy atom. The zero-order valence-electron chi connectivity index (χ0n) is 7.90. The SMILES string of the molecule is Cl.Fc1ccc(CNCc2cccs2)s1. The van der Waals surface area contributed by atoms with Crippen molar-refractivity contribution in [3.63, 3.8) is 0 Å². The van der Waals surface area contributed by atoms with Gasteiger partial charge in [-0.2, -0.15) is 4.39 Å². The molecule has 0 saturated heterocycles. The Hall–Kier alpha value is -0.420. The van der Waals surface area contributed by atoms with Gasteiger partial charge in [0.15, 0.2) is 5.13 Å². The molecule has 1 N–H and O–H groups in total. The minimum Gasteiger partial charge on any atom is -0.307 e. The molecule has 0 atom stereocenters. The van der Waals surface area contributed by atoms with Crippen molar-refractivity contribution in [1.82, 2.24) is 5.32 Å². The lowest BCUT2D eigenvalue weighted by Gasteiger charge is -1.99.